The van der Waals surface area contributed by atoms with Crippen LogP contribution in [0.4, 0.5) is 4.39 Å². The van der Waals surface area contributed by atoms with Gasteiger partial charge in [0.1, 0.15) is 12.4 Å². The monoisotopic (exact) mass is 498 g/mol. The molecule has 0 radical (unpaired) electrons. The number of aromatic nitrogens is 2. The van der Waals surface area contributed by atoms with Crippen molar-refractivity contribution in [1.29, 1.82) is 0 Å². The Labute approximate surface area is 210 Å². The molecule has 0 saturated heterocycles. The molecule has 3 aromatic rings. The molecule has 0 amide bonds. The fourth-order valence-electron chi connectivity index (χ4n) is 5.04. The summed E-state index contributed by atoms with van der Waals surface area (Å²) in [4.78, 5) is 10.7. The lowest BCUT2D eigenvalue weighted by molar-refractivity contribution is -0.142. The largest absolute Gasteiger partial charge is 0.480 e. The molecule has 1 fully saturated rings. The lowest BCUT2D eigenvalue weighted by Gasteiger charge is -2.28. The molecule has 1 saturated carbocycles. The van der Waals surface area contributed by atoms with Crippen LogP contribution < -0.4 is 0 Å². The molecule has 0 bridgehead atoms. The van der Waals surface area contributed by atoms with E-state index in [1.807, 2.05) is 24.3 Å². The van der Waals surface area contributed by atoms with E-state index in [9.17, 15) is 9.18 Å². The van der Waals surface area contributed by atoms with Crippen molar-refractivity contribution in [3.8, 4) is 22.4 Å². The molecule has 1 N–H and O–H groups in total. The van der Waals surface area contributed by atoms with Crippen LogP contribution in [0.3, 0.4) is 0 Å². The highest BCUT2D eigenvalue weighted by Crippen LogP contribution is 2.38. The maximum Gasteiger partial charge on any atom is 0.329 e. The molecule has 2 aromatic carbocycles. The first-order chi connectivity index (χ1) is 17.0. The van der Waals surface area contributed by atoms with Crippen molar-refractivity contribution in [3.63, 3.8) is 0 Å². The first kappa shape index (κ1) is 25.4. The van der Waals surface area contributed by atoms with E-state index < -0.39 is 11.8 Å². The van der Waals surface area contributed by atoms with Gasteiger partial charge in [0.2, 0.25) is 0 Å². The predicted octanol–water partition coefficient (Wildman–Crippen LogP) is 6.87. The highest BCUT2D eigenvalue weighted by Gasteiger charge is 2.26. The van der Waals surface area contributed by atoms with Crippen LogP contribution in [0, 0.1) is 17.7 Å². The average Bonchev–Trinajstić information content (AvgIpc) is 3.20. The summed E-state index contributed by atoms with van der Waals surface area (Å²) >= 11 is 6.00. The Hall–Kier alpha value is -2.70. The van der Waals surface area contributed by atoms with Crippen molar-refractivity contribution in [2.75, 3.05) is 13.2 Å². The smallest absolute Gasteiger partial charge is 0.329 e. The summed E-state index contributed by atoms with van der Waals surface area (Å²) in [6.07, 6.45) is 5.87. The van der Waals surface area contributed by atoms with Gasteiger partial charge in [-0.15, -0.1) is 0 Å². The van der Waals surface area contributed by atoms with Crippen molar-refractivity contribution in [2.24, 2.45) is 11.8 Å². The quantitative estimate of drug-likeness (QED) is 0.331. The Morgan fingerprint density at radius 3 is 2.49 bits per heavy atom. The molecule has 1 aromatic heterocycles. The van der Waals surface area contributed by atoms with Crippen LogP contribution in [0.2, 0.25) is 5.02 Å². The number of rotatable bonds is 10. The number of aliphatic carboxylic acids is 1. The van der Waals surface area contributed by atoms with Crippen LogP contribution in [0.5, 0.6) is 0 Å². The Bertz CT molecular complexity index is 1140. The van der Waals surface area contributed by atoms with E-state index in [1.165, 1.54) is 6.07 Å². The minimum Gasteiger partial charge on any atom is -0.480 e. The number of halogens is 2. The summed E-state index contributed by atoms with van der Waals surface area (Å²) in [6, 6.07) is 15.2. The molecule has 0 atom stereocenters. The summed E-state index contributed by atoms with van der Waals surface area (Å²) in [6.45, 7) is 3.15. The van der Waals surface area contributed by atoms with Gasteiger partial charge in [-0.3, -0.25) is 4.68 Å². The van der Waals surface area contributed by atoms with Crippen molar-refractivity contribution in [1.82, 2.24) is 9.78 Å². The van der Waals surface area contributed by atoms with E-state index in [0.717, 1.165) is 73.1 Å². The zero-order chi connectivity index (χ0) is 24.8. The van der Waals surface area contributed by atoms with E-state index >= 15 is 0 Å². The van der Waals surface area contributed by atoms with E-state index in [-0.39, 0.29) is 11.6 Å². The number of benzene rings is 2. The third kappa shape index (κ3) is 6.30. The van der Waals surface area contributed by atoms with Gasteiger partial charge in [-0.2, -0.15) is 5.10 Å². The minimum atomic E-state index is -0.930. The lowest BCUT2D eigenvalue weighted by atomic mass is 9.82. The van der Waals surface area contributed by atoms with Crippen molar-refractivity contribution in [3.05, 3.63) is 65.1 Å². The first-order valence-corrected chi connectivity index (χ1v) is 12.7. The van der Waals surface area contributed by atoms with Crippen molar-refractivity contribution in [2.45, 2.75) is 52.0 Å². The number of nitrogens with zero attached hydrogens (tertiary/aromatic N) is 2. The van der Waals surface area contributed by atoms with Crippen LogP contribution in [0.25, 0.3) is 22.4 Å². The molecule has 4 rings (SSSR count). The zero-order valence-corrected chi connectivity index (χ0v) is 20.8. The van der Waals surface area contributed by atoms with E-state index in [4.69, 9.17) is 26.5 Å². The van der Waals surface area contributed by atoms with Gasteiger partial charge in [0, 0.05) is 17.7 Å². The topological polar surface area (TPSA) is 64.4 Å². The van der Waals surface area contributed by atoms with Crippen LogP contribution >= 0.6 is 11.6 Å². The molecule has 1 heterocycles. The standard InChI is InChI=1S/C28H32ClFN2O3/c1-2-6-25-27(21-7-4-3-5-8-21)28(22-13-14-23(29)24(30)15-22)32(31-25)16-19-9-11-20(12-10-19)17-35-18-26(33)34/h3-5,7-8,13-15,19-20H,2,6,9-12,16-18H2,1H3,(H,33,34). The third-order valence-electron chi connectivity index (χ3n) is 6.74. The molecule has 186 valence electrons. The first-order valence-electron chi connectivity index (χ1n) is 12.4. The number of hydrogen-bond donors (Lipinski definition) is 1. The molecule has 0 unspecified atom stereocenters. The van der Waals surface area contributed by atoms with Crippen molar-refractivity contribution < 1.29 is 19.0 Å². The Morgan fingerprint density at radius 1 is 1.11 bits per heavy atom. The number of aryl methyl sites for hydroxylation is 1. The molecule has 0 spiro atoms. The van der Waals surface area contributed by atoms with Crippen LogP contribution in [0.1, 0.15) is 44.7 Å². The Balaban J connectivity index is 1.63. The molecule has 0 aliphatic heterocycles. The second-order valence-corrected chi connectivity index (χ2v) is 9.80. The van der Waals surface area contributed by atoms with Gasteiger partial charge >= 0.3 is 5.97 Å². The molecule has 5 nitrogen and oxygen atoms in total. The average molecular weight is 499 g/mol. The zero-order valence-electron chi connectivity index (χ0n) is 20.1. The summed E-state index contributed by atoms with van der Waals surface area (Å²) in [5.74, 6) is -0.529. The minimum absolute atomic E-state index is 0.110. The highest BCUT2D eigenvalue weighted by atomic mass is 35.5. The van der Waals surface area contributed by atoms with Gasteiger partial charge < -0.3 is 9.84 Å². The van der Waals surface area contributed by atoms with Gasteiger partial charge in [-0.05, 0) is 61.6 Å². The second-order valence-electron chi connectivity index (χ2n) is 9.39. The summed E-state index contributed by atoms with van der Waals surface area (Å²) in [7, 11) is 0. The van der Waals surface area contributed by atoms with Gasteiger partial charge in [0.15, 0.2) is 0 Å². The lowest BCUT2D eigenvalue weighted by Crippen LogP contribution is -2.23. The molecule has 7 heteroatoms. The van der Waals surface area contributed by atoms with E-state index in [0.29, 0.717) is 18.4 Å². The summed E-state index contributed by atoms with van der Waals surface area (Å²) in [5, 5.41) is 13.9. The highest BCUT2D eigenvalue weighted by molar-refractivity contribution is 6.30. The Morgan fingerprint density at radius 2 is 1.83 bits per heavy atom. The van der Waals surface area contributed by atoms with Crippen LogP contribution in [0.15, 0.2) is 48.5 Å². The Kier molecular flexibility index (Phi) is 8.58. The maximum atomic E-state index is 14.5. The number of carbonyl (C=O) groups is 1. The van der Waals surface area contributed by atoms with Gasteiger partial charge in [0.25, 0.3) is 0 Å². The van der Waals surface area contributed by atoms with Gasteiger partial charge in [0.05, 0.1) is 23.0 Å². The van der Waals surface area contributed by atoms with Gasteiger partial charge in [-0.25, -0.2) is 9.18 Å². The predicted molar refractivity (Wildman–Crippen MR) is 136 cm³/mol. The molecule has 35 heavy (non-hydrogen) atoms. The summed E-state index contributed by atoms with van der Waals surface area (Å²) < 4.78 is 21.9. The second kappa shape index (κ2) is 11.8. The van der Waals surface area contributed by atoms with E-state index in [2.05, 4.69) is 23.7 Å². The van der Waals surface area contributed by atoms with Crippen LogP contribution in [-0.4, -0.2) is 34.1 Å². The van der Waals surface area contributed by atoms with E-state index in [1.54, 1.807) is 6.07 Å². The fraction of sp³-hybridized carbons (Fsp3) is 0.429. The van der Waals surface area contributed by atoms with Crippen molar-refractivity contribution >= 4 is 17.6 Å². The number of carboxylic acid groups (broad SMARTS) is 1. The molecule has 1 aliphatic carbocycles. The number of ether oxygens (including phenoxy) is 1. The number of hydrogen-bond acceptors (Lipinski definition) is 3. The summed E-state index contributed by atoms with van der Waals surface area (Å²) in [5.41, 5.74) is 4.87. The molecule has 1 aliphatic rings. The van der Waals surface area contributed by atoms with Crippen LogP contribution in [-0.2, 0) is 22.5 Å². The maximum absolute atomic E-state index is 14.5. The number of carboxylic acids is 1. The molecular weight excluding hydrogens is 467 g/mol. The SMILES string of the molecule is CCCc1nn(CC2CCC(COCC(=O)O)CC2)c(-c2ccc(Cl)c(F)c2)c1-c1ccccc1. The molecular formula is C28H32ClFN2O3. The third-order valence-corrected chi connectivity index (χ3v) is 7.05. The normalized spacial score (nSPS) is 18.0. The fourth-order valence-corrected chi connectivity index (χ4v) is 5.16. The van der Waals surface area contributed by atoms with Gasteiger partial charge in [-0.1, -0.05) is 61.3 Å².